The number of hydrogen-bond acceptors (Lipinski definition) is 5. The molecule has 0 bridgehead atoms. The molecule has 0 saturated heterocycles. The molecule has 2 heterocycles. The summed E-state index contributed by atoms with van der Waals surface area (Å²) < 4.78 is 4.64. The fourth-order valence-electron chi connectivity index (χ4n) is 1.42. The van der Waals surface area contributed by atoms with Crippen molar-refractivity contribution in [1.82, 2.24) is 10.3 Å². The Labute approximate surface area is 86.1 Å². The molecule has 78 valence electrons. The number of carbonyl (C=O) groups excluding carboxylic acids is 1. The largest absolute Gasteiger partial charge is 0.707 e. The summed E-state index contributed by atoms with van der Waals surface area (Å²) in [5.74, 6) is 0.200. The number of hydrogen-bond donors (Lipinski definition) is 3. The van der Waals surface area contributed by atoms with E-state index in [9.17, 15) is 4.79 Å². The lowest BCUT2D eigenvalue weighted by Gasteiger charge is -2.16. The van der Waals surface area contributed by atoms with Crippen molar-refractivity contribution in [3.05, 3.63) is 23.5 Å². The van der Waals surface area contributed by atoms with Crippen molar-refractivity contribution in [3.63, 3.8) is 0 Å². The molecule has 0 radical (unpaired) electrons. The molecular weight excluding hydrogens is 199 g/mol. The first-order valence-electron chi connectivity index (χ1n) is 4.42. The van der Waals surface area contributed by atoms with E-state index >= 15 is 0 Å². The van der Waals surface area contributed by atoms with Crippen molar-refractivity contribution in [2.45, 2.75) is 13.0 Å². The molecule has 3 N–H and O–H groups in total. The molecule has 0 atom stereocenters. The first-order valence-corrected chi connectivity index (χ1v) is 4.42. The summed E-state index contributed by atoms with van der Waals surface area (Å²) in [6.07, 6.45) is 1.61. The Kier molecular flexibility index (Phi) is 2.57. The monoisotopic (exact) mass is 208 g/mol. The van der Waals surface area contributed by atoms with E-state index in [0.29, 0.717) is 12.2 Å². The van der Waals surface area contributed by atoms with E-state index < -0.39 is 7.32 Å². The predicted octanol–water partition coefficient (Wildman–Crippen LogP) is -1.40. The van der Waals surface area contributed by atoms with Gasteiger partial charge in [0.05, 0.1) is 18.3 Å². The van der Waals surface area contributed by atoms with Gasteiger partial charge in [-0.25, -0.2) is 0 Å². The zero-order chi connectivity index (χ0) is 10.8. The predicted molar refractivity (Wildman–Crippen MR) is 50.6 cm³/mol. The van der Waals surface area contributed by atoms with Crippen molar-refractivity contribution in [2.75, 3.05) is 0 Å². The van der Waals surface area contributed by atoms with Crippen LogP contribution in [-0.2, 0) is 17.8 Å². The second-order valence-electron chi connectivity index (χ2n) is 3.17. The highest BCUT2D eigenvalue weighted by Gasteiger charge is 2.18. The number of nitrogens with one attached hydrogen (secondary N) is 1. The van der Waals surface area contributed by atoms with E-state index in [1.54, 1.807) is 6.07 Å². The van der Waals surface area contributed by atoms with E-state index in [4.69, 9.17) is 10.0 Å². The van der Waals surface area contributed by atoms with Gasteiger partial charge in [0.2, 0.25) is 5.91 Å². The zero-order valence-electron chi connectivity index (χ0n) is 7.80. The Bertz CT molecular complexity index is 396. The van der Waals surface area contributed by atoms with Crippen LogP contribution >= 0.6 is 0 Å². The quantitative estimate of drug-likeness (QED) is 0.520. The smallest absolute Gasteiger partial charge is 0.511 e. The number of carbonyl (C=O) groups is 1. The molecule has 1 aromatic heterocycles. The van der Waals surface area contributed by atoms with Gasteiger partial charge < -0.3 is 20.0 Å². The Morgan fingerprint density at radius 2 is 2.33 bits per heavy atom. The van der Waals surface area contributed by atoms with Gasteiger partial charge >= 0.3 is 7.32 Å². The molecule has 0 spiro atoms. The van der Waals surface area contributed by atoms with E-state index in [1.807, 2.05) is 0 Å². The molecule has 1 aliphatic heterocycles. The average Bonchev–Trinajstić information content (AvgIpc) is 2.17. The maximum absolute atomic E-state index is 11.0. The topological polar surface area (TPSA) is 91.7 Å². The minimum absolute atomic E-state index is 0.0640. The number of amides is 1. The highest BCUT2D eigenvalue weighted by Crippen LogP contribution is 2.18. The van der Waals surface area contributed by atoms with Crippen molar-refractivity contribution in [1.29, 1.82) is 0 Å². The molecule has 1 aliphatic rings. The van der Waals surface area contributed by atoms with Gasteiger partial charge in [-0.2, -0.15) is 0 Å². The van der Waals surface area contributed by atoms with Crippen LogP contribution in [0.5, 0.6) is 5.75 Å². The van der Waals surface area contributed by atoms with Crippen LogP contribution in [0.1, 0.15) is 11.3 Å². The average molecular weight is 208 g/mol. The second kappa shape index (κ2) is 3.88. The molecule has 6 nitrogen and oxygen atoms in total. The Morgan fingerprint density at radius 1 is 1.53 bits per heavy atom. The van der Waals surface area contributed by atoms with E-state index in [1.165, 1.54) is 6.20 Å². The molecule has 15 heavy (non-hydrogen) atoms. The molecule has 1 amide bonds. The lowest BCUT2D eigenvalue weighted by atomic mass is 10.1. The molecule has 0 saturated carbocycles. The van der Waals surface area contributed by atoms with E-state index in [-0.39, 0.29) is 18.1 Å². The summed E-state index contributed by atoms with van der Waals surface area (Å²) in [5.41, 5.74) is 1.52. The maximum atomic E-state index is 11.0. The molecule has 0 unspecified atom stereocenters. The number of rotatable bonds is 2. The van der Waals surface area contributed by atoms with Crippen LogP contribution in [-0.4, -0.2) is 28.3 Å². The first kappa shape index (κ1) is 9.94. The van der Waals surface area contributed by atoms with Crippen molar-refractivity contribution >= 4 is 13.2 Å². The second-order valence-corrected chi connectivity index (χ2v) is 3.17. The summed E-state index contributed by atoms with van der Waals surface area (Å²) in [5, 5.41) is 19.8. The summed E-state index contributed by atoms with van der Waals surface area (Å²) in [6, 6.07) is 1.63. The number of pyridine rings is 1. The zero-order valence-corrected chi connectivity index (χ0v) is 7.80. The van der Waals surface area contributed by atoms with Crippen LogP contribution in [0, 0.1) is 0 Å². The summed E-state index contributed by atoms with van der Waals surface area (Å²) in [7, 11) is -1.86. The number of fused-ring (bicyclic) bond motifs is 1. The van der Waals surface area contributed by atoms with Gasteiger partial charge in [-0.05, 0) is 11.6 Å². The molecule has 0 fully saturated rings. The number of nitrogens with zero attached hydrogens (tertiary/aromatic N) is 1. The summed E-state index contributed by atoms with van der Waals surface area (Å²) in [6.45, 7) is 0.389. The van der Waals surface area contributed by atoms with Crippen LogP contribution in [0.25, 0.3) is 0 Å². The lowest BCUT2D eigenvalue weighted by molar-refractivity contribution is -0.121. The Morgan fingerprint density at radius 3 is 3.07 bits per heavy atom. The molecule has 0 aliphatic carbocycles. The van der Waals surface area contributed by atoms with Crippen molar-refractivity contribution in [3.8, 4) is 5.75 Å². The van der Waals surface area contributed by atoms with Crippen molar-refractivity contribution < 1.29 is 19.5 Å². The third kappa shape index (κ3) is 2.25. The van der Waals surface area contributed by atoms with Crippen LogP contribution in [0.2, 0.25) is 0 Å². The van der Waals surface area contributed by atoms with Crippen LogP contribution in [0.3, 0.4) is 0 Å². The van der Waals surface area contributed by atoms with Gasteiger partial charge in [-0.15, -0.1) is 0 Å². The Balaban J connectivity index is 2.23. The third-order valence-corrected chi connectivity index (χ3v) is 2.08. The highest BCUT2D eigenvalue weighted by molar-refractivity contribution is 6.33. The van der Waals surface area contributed by atoms with Gasteiger partial charge in [-0.3, -0.25) is 9.78 Å². The molecular formula is C8H9BN2O4. The van der Waals surface area contributed by atoms with Gasteiger partial charge in [0.25, 0.3) is 0 Å². The molecule has 0 aromatic carbocycles. The van der Waals surface area contributed by atoms with Crippen LogP contribution < -0.4 is 9.97 Å². The van der Waals surface area contributed by atoms with Gasteiger partial charge in [0.1, 0.15) is 5.75 Å². The van der Waals surface area contributed by atoms with Gasteiger partial charge in [0, 0.05) is 6.54 Å². The summed E-state index contributed by atoms with van der Waals surface area (Å²) >= 11 is 0. The molecule has 7 heteroatoms. The Hall–Kier alpha value is -1.60. The van der Waals surface area contributed by atoms with Gasteiger partial charge in [0.15, 0.2) is 0 Å². The SMILES string of the molecule is O=C1Cc2ncc(OB(O)O)cc2CN1. The van der Waals surface area contributed by atoms with E-state index in [2.05, 4.69) is 15.0 Å². The first-order chi connectivity index (χ1) is 7.15. The maximum Gasteiger partial charge on any atom is 0.707 e. The molecule has 1 aromatic rings. The van der Waals surface area contributed by atoms with Crippen LogP contribution in [0.15, 0.2) is 12.3 Å². The standard InChI is InChI=1S/C8H9BN2O4/c12-8-2-7-5(3-11-8)1-6(4-10-7)15-9(13)14/h1,4,13-14H,2-3H2,(H,11,12). The fourth-order valence-corrected chi connectivity index (χ4v) is 1.42. The third-order valence-electron chi connectivity index (χ3n) is 2.08. The minimum Gasteiger partial charge on any atom is -0.511 e. The lowest BCUT2D eigenvalue weighted by Crippen LogP contribution is -2.31. The highest BCUT2D eigenvalue weighted by atomic mass is 16.6. The van der Waals surface area contributed by atoms with Gasteiger partial charge in [-0.1, -0.05) is 0 Å². The normalized spacial score (nSPS) is 14.1. The molecule has 2 rings (SSSR count). The van der Waals surface area contributed by atoms with Crippen molar-refractivity contribution in [2.24, 2.45) is 0 Å². The summed E-state index contributed by atoms with van der Waals surface area (Å²) in [4.78, 5) is 15.0. The fraction of sp³-hybridized carbons (Fsp3) is 0.250. The minimum atomic E-state index is -1.86. The van der Waals surface area contributed by atoms with Crippen LogP contribution in [0.4, 0.5) is 0 Å². The number of aromatic nitrogens is 1. The van der Waals surface area contributed by atoms with E-state index in [0.717, 1.165) is 5.56 Å².